The summed E-state index contributed by atoms with van der Waals surface area (Å²) in [6, 6.07) is 0. The molecule has 1 aliphatic heterocycles. The summed E-state index contributed by atoms with van der Waals surface area (Å²) >= 11 is 0. The van der Waals surface area contributed by atoms with Gasteiger partial charge in [-0.25, -0.2) is 0 Å². The van der Waals surface area contributed by atoms with Crippen LogP contribution in [0.25, 0.3) is 0 Å². The van der Waals surface area contributed by atoms with Crippen LogP contribution in [0.5, 0.6) is 0 Å². The van der Waals surface area contributed by atoms with Gasteiger partial charge in [0, 0.05) is 13.3 Å². The van der Waals surface area contributed by atoms with Crippen LogP contribution in [0.4, 0.5) is 0 Å². The first-order valence-electron chi connectivity index (χ1n) is 9.17. The maximum absolute atomic E-state index is 11.5. The molecule has 1 heterocycles. The van der Waals surface area contributed by atoms with Crippen LogP contribution >= 0.6 is 0 Å². The molecule has 24 heavy (non-hydrogen) atoms. The van der Waals surface area contributed by atoms with Crippen LogP contribution in [-0.4, -0.2) is 23.8 Å². The normalized spacial score (nSPS) is 24.3. The van der Waals surface area contributed by atoms with Crippen molar-refractivity contribution in [2.24, 2.45) is 0 Å². The molecule has 3 heteroatoms. The Hall–Kier alpha value is -1.35. The highest BCUT2D eigenvalue weighted by atomic mass is 16.6. The SMILES string of the molecule is C=CCCCCCC[C@H]1CC[C@@](C)([C@@H](CC(=C)C=C)OC(C)=O)O1. The minimum absolute atomic E-state index is 0.268. The number of hydrogen-bond donors (Lipinski definition) is 0. The van der Waals surface area contributed by atoms with Crippen molar-refractivity contribution in [1.82, 2.24) is 0 Å². The molecule has 0 aromatic heterocycles. The molecule has 3 atom stereocenters. The summed E-state index contributed by atoms with van der Waals surface area (Å²) in [6.45, 7) is 15.0. The second-order valence-corrected chi connectivity index (χ2v) is 7.04. The molecule has 1 saturated heterocycles. The van der Waals surface area contributed by atoms with Gasteiger partial charge in [-0.15, -0.1) is 6.58 Å². The van der Waals surface area contributed by atoms with E-state index in [1.165, 1.54) is 32.6 Å². The van der Waals surface area contributed by atoms with E-state index in [2.05, 4.69) is 26.7 Å². The quantitative estimate of drug-likeness (QED) is 0.204. The van der Waals surface area contributed by atoms with E-state index in [-0.39, 0.29) is 18.2 Å². The van der Waals surface area contributed by atoms with Gasteiger partial charge in [0.05, 0.1) is 6.10 Å². The molecular weight excluding hydrogens is 300 g/mol. The molecule has 0 bridgehead atoms. The summed E-state index contributed by atoms with van der Waals surface area (Å²) in [7, 11) is 0. The molecule has 0 aromatic rings. The molecule has 1 aliphatic rings. The smallest absolute Gasteiger partial charge is 0.303 e. The average molecular weight is 335 g/mol. The topological polar surface area (TPSA) is 35.5 Å². The second-order valence-electron chi connectivity index (χ2n) is 7.04. The molecule has 1 fully saturated rings. The molecule has 1 rings (SSSR count). The first-order chi connectivity index (χ1) is 11.4. The summed E-state index contributed by atoms with van der Waals surface area (Å²) in [4.78, 5) is 11.5. The molecule has 3 nitrogen and oxygen atoms in total. The lowest BCUT2D eigenvalue weighted by molar-refractivity contribution is -0.167. The zero-order valence-electron chi connectivity index (χ0n) is 15.5. The number of rotatable bonds is 12. The van der Waals surface area contributed by atoms with Crippen LogP contribution in [0.15, 0.2) is 37.5 Å². The van der Waals surface area contributed by atoms with Crippen molar-refractivity contribution in [2.45, 2.75) is 89.4 Å². The van der Waals surface area contributed by atoms with Gasteiger partial charge in [0.25, 0.3) is 0 Å². The minimum atomic E-state index is -0.425. The van der Waals surface area contributed by atoms with Gasteiger partial charge in [-0.3, -0.25) is 4.79 Å². The Morgan fingerprint density at radius 3 is 2.67 bits per heavy atom. The lowest BCUT2D eigenvalue weighted by Crippen LogP contribution is -2.42. The maximum Gasteiger partial charge on any atom is 0.303 e. The largest absolute Gasteiger partial charge is 0.459 e. The van der Waals surface area contributed by atoms with E-state index < -0.39 is 5.60 Å². The average Bonchev–Trinajstić information content (AvgIpc) is 2.92. The van der Waals surface area contributed by atoms with Gasteiger partial charge in [-0.1, -0.05) is 50.1 Å². The van der Waals surface area contributed by atoms with Crippen molar-refractivity contribution < 1.29 is 14.3 Å². The van der Waals surface area contributed by atoms with E-state index in [1.54, 1.807) is 6.08 Å². The third-order valence-electron chi connectivity index (χ3n) is 4.81. The fraction of sp³-hybridized carbons (Fsp3) is 0.667. The number of carbonyl (C=O) groups excluding carboxylic acids is 1. The number of unbranched alkanes of at least 4 members (excludes halogenated alkanes) is 4. The predicted molar refractivity (Wildman–Crippen MR) is 99.9 cm³/mol. The number of ether oxygens (including phenoxy) is 2. The van der Waals surface area contributed by atoms with Crippen LogP contribution in [-0.2, 0) is 14.3 Å². The van der Waals surface area contributed by atoms with E-state index in [0.717, 1.165) is 31.3 Å². The van der Waals surface area contributed by atoms with Gasteiger partial charge >= 0.3 is 5.97 Å². The third kappa shape index (κ3) is 7.04. The van der Waals surface area contributed by atoms with Crippen LogP contribution in [0, 0.1) is 0 Å². The Kier molecular flexibility index (Phi) is 9.05. The van der Waals surface area contributed by atoms with Gasteiger partial charge < -0.3 is 9.47 Å². The third-order valence-corrected chi connectivity index (χ3v) is 4.81. The molecule has 0 spiro atoms. The maximum atomic E-state index is 11.5. The van der Waals surface area contributed by atoms with E-state index in [4.69, 9.17) is 9.47 Å². The number of allylic oxidation sites excluding steroid dienone is 2. The van der Waals surface area contributed by atoms with E-state index >= 15 is 0 Å². The Bertz CT molecular complexity index is 440. The predicted octanol–water partition coefficient (Wildman–Crippen LogP) is 5.51. The Morgan fingerprint density at radius 2 is 2.04 bits per heavy atom. The van der Waals surface area contributed by atoms with Crippen LogP contribution < -0.4 is 0 Å². The second kappa shape index (κ2) is 10.5. The lowest BCUT2D eigenvalue weighted by atomic mass is 9.90. The molecule has 0 aromatic carbocycles. The molecule has 0 saturated carbocycles. The Balaban J connectivity index is 2.47. The zero-order chi connectivity index (χ0) is 18.0. The van der Waals surface area contributed by atoms with Crippen molar-refractivity contribution in [3.63, 3.8) is 0 Å². The summed E-state index contributed by atoms with van der Waals surface area (Å²) < 4.78 is 11.9. The Morgan fingerprint density at radius 1 is 1.33 bits per heavy atom. The van der Waals surface area contributed by atoms with Crippen molar-refractivity contribution in [3.8, 4) is 0 Å². The standard InChI is InChI=1S/C21H34O3/c1-6-8-9-10-11-12-13-19-14-15-21(5,24-19)20(23-18(4)22)16-17(3)7-2/h6-7,19-20H,1-3,8-16H2,4-5H3/t19-,20+,21-/m0/s1. The summed E-state index contributed by atoms with van der Waals surface area (Å²) in [6.07, 6.45) is 13.3. The highest BCUT2D eigenvalue weighted by molar-refractivity contribution is 5.66. The highest BCUT2D eigenvalue weighted by Crippen LogP contribution is 2.38. The first-order valence-corrected chi connectivity index (χ1v) is 9.17. The number of carbonyl (C=O) groups is 1. The molecule has 0 amide bonds. The van der Waals surface area contributed by atoms with E-state index in [1.807, 2.05) is 6.08 Å². The van der Waals surface area contributed by atoms with Crippen LogP contribution in [0.1, 0.15) is 71.6 Å². The fourth-order valence-electron chi connectivity index (χ4n) is 3.30. The number of hydrogen-bond acceptors (Lipinski definition) is 3. The van der Waals surface area contributed by atoms with Crippen LogP contribution in [0.2, 0.25) is 0 Å². The summed E-state index contributed by atoms with van der Waals surface area (Å²) in [5.41, 5.74) is 0.447. The minimum Gasteiger partial charge on any atom is -0.459 e. The highest BCUT2D eigenvalue weighted by Gasteiger charge is 2.44. The van der Waals surface area contributed by atoms with E-state index in [0.29, 0.717) is 6.42 Å². The zero-order valence-corrected chi connectivity index (χ0v) is 15.5. The number of esters is 1. The molecule has 0 aliphatic carbocycles. The van der Waals surface area contributed by atoms with Gasteiger partial charge in [0.15, 0.2) is 0 Å². The van der Waals surface area contributed by atoms with Gasteiger partial charge in [-0.2, -0.15) is 0 Å². The van der Waals surface area contributed by atoms with Crippen molar-refractivity contribution in [3.05, 3.63) is 37.5 Å². The Labute approximate surface area is 147 Å². The van der Waals surface area contributed by atoms with Crippen molar-refractivity contribution in [2.75, 3.05) is 0 Å². The van der Waals surface area contributed by atoms with Gasteiger partial charge in [0.2, 0.25) is 0 Å². The van der Waals surface area contributed by atoms with Crippen LogP contribution in [0.3, 0.4) is 0 Å². The molecule has 0 N–H and O–H groups in total. The molecule has 136 valence electrons. The summed E-state index contributed by atoms with van der Waals surface area (Å²) in [5.74, 6) is -0.271. The molecule has 0 radical (unpaired) electrons. The fourth-order valence-corrected chi connectivity index (χ4v) is 3.30. The van der Waals surface area contributed by atoms with Gasteiger partial charge in [-0.05, 0) is 39.0 Å². The van der Waals surface area contributed by atoms with Gasteiger partial charge in [0.1, 0.15) is 11.7 Å². The first kappa shape index (κ1) is 20.7. The molecule has 0 unspecified atom stereocenters. The van der Waals surface area contributed by atoms with Crippen molar-refractivity contribution in [1.29, 1.82) is 0 Å². The monoisotopic (exact) mass is 334 g/mol. The summed E-state index contributed by atoms with van der Waals surface area (Å²) in [5, 5.41) is 0. The lowest BCUT2D eigenvalue weighted by Gasteiger charge is -2.33. The molecular formula is C21H34O3. The van der Waals surface area contributed by atoms with E-state index in [9.17, 15) is 4.79 Å². The van der Waals surface area contributed by atoms with Crippen molar-refractivity contribution >= 4 is 5.97 Å².